The van der Waals surface area contributed by atoms with Gasteiger partial charge in [0, 0.05) is 30.1 Å². The lowest BCUT2D eigenvalue weighted by Crippen LogP contribution is -2.50. The molecular formula is C26H21F3N4O2. The minimum atomic E-state index is -4.47. The molecule has 0 radical (unpaired) electrons. The standard InChI is InChI=1S/C26H21F3N4O2/c1-16(14-34)33-11-8-19(33)15-35-22-13-30-10-7-20(22)24-23(25-21(32-24)6-3-9-31-25)17-4-2-5-18(12-17)26(27,28)29/h2-7,9-10,12-14,19,32H,1,8,11,15H2/t19-/m1/s1. The number of carbonyl (C=O) groups is 1. The lowest BCUT2D eigenvalue weighted by molar-refractivity contribution is -0.137. The summed E-state index contributed by atoms with van der Waals surface area (Å²) in [4.78, 5) is 24.9. The summed E-state index contributed by atoms with van der Waals surface area (Å²) in [5.74, 6) is 0.468. The number of ether oxygens (including phenoxy) is 1. The number of benzene rings is 1. The Labute approximate surface area is 199 Å². The second-order valence-corrected chi connectivity index (χ2v) is 8.28. The lowest BCUT2D eigenvalue weighted by Gasteiger charge is -2.42. The van der Waals surface area contributed by atoms with Crippen molar-refractivity contribution in [2.45, 2.75) is 18.6 Å². The number of aldehydes is 1. The van der Waals surface area contributed by atoms with Crippen molar-refractivity contribution >= 4 is 17.3 Å². The predicted octanol–water partition coefficient (Wildman–Crippen LogP) is 5.48. The summed E-state index contributed by atoms with van der Waals surface area (Å²) >= 11 is 0. The summed E-state index contributed by atoms with van der Waals surface area (Å²) in [6.45, 7) is 4.80. The fraction of sp³-hybridized carbons (Fsp3) is 0.192. The zero-order valence-electron chi connectivity index (χ0n) is 18.5. The summed E-state index contributed by atoms with van der Waals surface area (Å²) < 4.78 is 46.5. The second kappa shape index (κ2) is 8.90. The maximum absolute atomic E-state index is 13.5. The Morgan fingerprint density at radius 2 is 2.09 bits per heavy atom. The van der Waals surface area contributed by atoms with E-state index in [4.69, 9.17) is 4.74 Å². The number of allylic oxidation sites excluding steroid dienone is 1. The molecule has 5 rings (SSSR count). The number of hydrogen-bond acceptors (Lipinski definition) is 5. The number of aromatic amines is 1. The fourth-order valence-electron chi connectivity index (χ4n) is 4.30. The number of likely N-dealkylation sites (tertiary alicyclic amines) is 1. The van der Waals surface area contributed by atoms with E-state index < -0.39 is 11.7 Å². The van der Waals surface area contributed by atoms with Crippen molar-refractivity contribution < 1.29 is 22.7 Å². The summed E-state index contributed by atoms with van der Waals surface area (Å²) in [5.41, 5.74) is 3.06. The van der Waals surface area contributed by atoms with Crippen LogP contribution in [-0.2, 0) is 11.0 Å². The van der Waals surface area contributed by atoms with E-state index in [1.54, 1.807) is 36.8 Å². The van der Waals surface area contributed by atoms with Gasteiger partial charge in [0.05, 0.1) is 40.2 Å². The molecule has 1 N–H and O–H groups in total. The third-order valence-electron chi connectivity index (χ3n) is 6.17. The van der Waals surface area contributed by atoms with Crippen molar-refractivity contribution in [3.8, 4) is 28.1 Å². The Morgan fingerprint density at radius 3 is 2.83 bits per heavy atom. The molecule has 1 aliphatic rings. The first-order chi connectivity index (χ1) is 16.9. The van der Waals surface area contributed by atoms with E-state index in [0.29, 0.717) is 51.5 Å². The van der Waals surface area contributed by atoms with E-state index >= 15 is 0 Å². The fourth-order valence-corrected chi connectivity index (χ4v) is 4.30. The number of nitrogens with one attached hydrogen (secondary N) is 1. The number of hydrogen-bond donors (Lipinski definition) is 1. The molecule has 3 aromatic heterocycles. The van der Waals surface area contributed by atoms with Gasteiger partial charge in [-0.1, -0.05) is 18.7 Å². The summed E-state index contributed by atoms with van der Waals surface area (Å²) in [6, 6.07) is 10.5. The third-order valence-corrected chi connectivity index (χ3v) is 6.17. The van der Waals surface area contributed by atoms with Crippen LogP contribution in [0.3, 0.4) is 0 Å². The molecule has 178 valence electrons. The average molecular weight is 478 g/mol. The lowest BCUT2D eigenvalue weighted by atomic mass is 9.98. The largest absolute Gasteiger partial charge is 0.489 e. The molecule has 35 heavy (non-hydrogen) atoms. The zero-order valence-corrected chi connectivity index (χ0v) is 18.5. The van der Waals surface area contributed by atoms with Crippen molar-refractivity contribution in [1.82, 2.24) is 19.9 Å². The minimum Gasteiger partial charge on any atom is -0.489 e. The van der Waals surface area contributed by atoms with Gasteiger partial charge in [0.2, 0.25) is 0 Å². The van der Waals surface area contributed by atoms with Gasteiger partial charge in [-0.15, -0.1) is 0 Å². The predicted molar refractivity (Wildman–Crippen MR) is 126 cm³/mol. The number of nitrogens with zero attached hydrogens (tertiary/aromatic N) is 3. The van der Waals surface area contributed by atoms with Crippen LogP contribution in [0.25, 0.3) is 33.4 Å². The van der Waals surface area contributed by atoms with Gasteiger partial charge in [0.1, 0.15) is 12.4 Å². The molecule has 6 nitrogen and oxygen atoms in total. The molecule has 9 heteroatoms. The third kappa shape index (κ3) is 4.25. The smallest absolute Gasteiger partial charge is 0.416 e. The van der Waals surface area contributed by atoms with E-state index in [1.165, 1.54) is 6.07 Å². The van der Waals surface area contributed by atoms with Gasteiger partial charge < -0.3 is 14.6 Å². The summed E-state index contributed by atoms with van der Waals surface area (Å²) in [6.07, 6.45) is 1.88. The van der Waals surface area contributed by atoms with Gasteiger partial charge in [0.25, 0.3) is 0 Å². The maximum atomic E-state index is 13.5. The van der Waals surface area contributed by atoms with Crippen LogP contribution in [0.1, 0.15) is 12.0 Å². The minimum absolute atomic E-state index is 0.00748. The molecular weight excluding hydrogens is 457 g/mol. The van der Waals surface area contributed by atoms with Crippen molar-refractivity contribution in [2.24, 2.45) is 0 Å². The van der Waals surface area contributed by atoms with Crippen LogP contribution >= 0.6 is 0 Å². The van der Waals surface area contributed by atoms with Gasteiger partial charge in [-0.3, -0.25) is 14.8 Å². The average Bonchev–Trinajstić information content (AvgIpc) is 3.22. The molecule has 0 amide bonds. The maximum Gasteiger partial charge on any atom is 0.416 e. The topological polar surface area (TPSA) is 71.1 Å². The Balaban J connectivity index is 1.57. The van der Waals surface area contributed by atoms with E-state index in [0.717, 1.165) is 31.4 Å². The zero-order chi connectivity index (χ0) is 24.6. The molecule has 0 bridgehead atoms. The van der Waals surface area contributed by atoms with Gasteiger partial charge >= 0.3 is 6.18 Å². The number of alkyl halides is 3. The van der Waals surface area contributed by atoms with Crippen LogP contribution < -0.4 is 4.74 Å². The first kappa shape index (κ1) is 22.6. The Bertz CT molecular complexity index is 1410. The molecule has 4 heterocycles. The Kier molecular flexibility index (Phi) is 5.76. The van der Waals surface area contributed by atoms with E-state index in [-0.39, 0.29) is 6.04 Å². The highest BCUT2D eigenvalue weighted by molar-refractivity contribution is 6.02. The molecule has 1 aliphatic heterocycles. The molecule has 1 aromatic carbocycles. The first-order valence-corrected chi connectivity index (χ1v) is 11.0. The van der Waals surface area contributed by atoms with Gasteiger partial charge in [-0.25, -0.2) is 0 Å². The van der Waals surface area contributed by atoms with Crippen molar-refractivity contribution in [2.75, 3.05) is 13.2 Å². The first-order valence-electron chi connectivity index (χ1n) is 11.0. The van der Waals surface area contributed by atoms with E-state index in [1.807, 2.05) is 11.0 Å². The molecule has 0 unspecified atom stereocenters. The normalized spacial score (nSPS) is 15.6. The van der Waals surface area contributed by atoms with Crippen molar-refractivity contribution in [3.63, 3.8) is 0 Å². The van der Waals surface area contributed by atoms with Crippen LogP contribution in [0.5, 0.6) is 5.75 Å². The molecule has 1 atom stereocenters. The van der Waals surface area contributed by atoms with Crippen molar-refractivity contribution in [3.05, 3.63) is 78.9 Å². The second-order valence-electron chi connectivity index (χ2n) is 8.28. The molecule has 0 aliphatic carbocycles. The van der Waals surface area contributed by atoms with Crippen LogP contribution in [0.15, 0.2) is 73.3 Å². The SMILES string of the molecule is C=C(C=O)N1CC[C@@H]1COc1cnccc1-c1[nH]c2cccnc2c1-c1cccc(C(F)(F)F)c1. The van der Waals surface area contributed by atoms with E-state index in [2.05, 4.69) is 21.5 Å². The Hall–Kier alpha value is -4.14. The molecule has 4 aromatic rings. The van der Waals surface area contributed by atoms with Crippen LogP contribution in [-0.4, -0.2) is 45.3 Å². The Morgan fingerprint density at radius 1 is 1.23 bits per heavy atom. The molecule has 1 fully saturated rings. The molecule has 0 saturated carbocycles. The van der Waals surface area contributed by atoms with Crippen LogP contribution in [0.2, 0.25) is 0 Å². The van der Waals surface area contributed by atoms with Gasteiger partial charge in [-0.05, 0) is 42.3 Å². The number of H-pyrrole nitrogens is 1. The quantitative estimate of drug-likeness (QED) is 0.282. The number of carbonyl (C=O) groups excluding carboxylic acids is 1. The van der Waals surface area contributed by atoms with Crippen molar-refractivity contribution in [1.29, 1.82) is 0 Å². The van der Waals surface area contributed by atoms with Gasteiger partial charge in [0.15, 0.2) is 6.29 Å². The molecule has 0 spiro atoms. The van der Waals surface area contributed by atoms with Crippen LogP contribution in [0, 0.1) is 0 Å². The monoisotopic (exact) mass is 478 g/mol. The number of aromatic nitrogens is 3. The molecule has 1 saturated heterocycles. The van der Waals surface area contributed by atoms with Crippen LogP contribution in [0.4, 0.5) is 13.2 Å². The number of halogens is 3. The number of rotatable bonds is 7. The van der Waals surface area contributed by atoms with Gasteiger partial charge in [-0.2, -0.15) is 13.2 Å². The highest BCUT2D eigenvalue weighted by Crippen LogP contribution is 2.42. The number of pyridine rings is 2. The number of fused-ring (bicyclic) bond motifs is 1. The summed E-state index contributed by atoms with van der Waals surface area (Å²) in [7, 11) is 0. The highest BCUT2D eigenvalue weighted by atomic mass is 19.4. The van der Waals surface area contributed by atoms with E-state index in [9.17, 15) is 18.0 Å². The summed E-state index contributed by atoms with van der Waals surface area (Å²) in [5, 5.41) is 0. The highest BCUT2D eigenvalue weighted by Gasteiger charge is 2.32.